The molecule has 3 aromatic carbocycles. The van der Waals surface area contributed by atoms with E-state index in [1.807, 2.05) is 72.8 Å². The zero-order chi connectivity index (χ0) is 23.8. The Kier molecular flexibility index (Phi) is 7.60. The molecule has 8 heteroatoms. The van der Waals surface area contributed by atoms with Gasteiger partial charge in [0.15, 0.2) is 6.10 Å². The number of carbonyl (C=O) groups is 2. The van der Waals surface area contributed by atoms with Crippen LogP contribution in [0.1, 0.15) is 17.5 Å². The van der Waals surface area contributed by atoms with Crippen LogP contribution in [0, 0.1) is 0 Å². The second-order valence-corrected chi connectivity index (χ2v) is 7.96. The minimum Gasteiger partial charge on any atom is -0.482 e. The molecule has 34 heavy (non-hydrogen) atoms. The fourth-order valence-electron chi connectivity index (χ4n) is 3.72. The summed E-state index contributed by atoms with van der Waals surface area (Å²) in [7, 11) is 1.52. The first-order valence-corrected chi connectivity index (χ1v) is 11.1. The molecule has 1 unspecified atom stereocenters. The van der Waals surface area contributed by atoms with Gasteiger partial charge in [0, 0.05) is 0 Å². The number of nitrogens with zero attached hydrogens (tertiary/aromatic N) is 2. The summed E-state index contributed by atoms with van der Waals surface area (Å²) >= 11 is 0. The first kappa shape index (κ1) is 23.1. The molecular formula is C26H27N3O5. The summed E-state index contributed by atoms with van der Waals surface area (Å²) in [5.74, 6) is 0.174. The quantitative estimate of drug-likeness (QED) is 0.551. The van der Waals surface area contributed by atoms with Crippen LogP contribution in [0.3, 0.4) is 0 Å². The number of hydrogen-bond donors (Lipinski definition) is 1. The van der Waals surface area contributed by atoms with E-state index in [9.17, 15) is 9.59 Å². The van der Waals surface area contributed by atoms with Crippen molar-refractivity contribution in [2.75, 3.05) is 20.2 Å². The lowest BCUT2D eigenvalue weighted by atomic mass is 10.0. The van der Waals surface area contributed by atoms with Crippen molar-refractivity contribution in [3.05, 3.63) is 83.9 Å². The molecule has 2 amide bonds. The van der Waals surface area contributed by atoms with Gasteiger partial charge in [-0.05, 0) is 21.9 Å². The molecule has 1 atom stereocenters. The van der Waals surface area contributed by atoms with E-state index in [0.29, 0.717) is 12.3 Å². The largest absolute Gasteiger partial charge is 0.482 e. The predicted octanol–water partition coefficient (Wildman–Crippen LogP) is 3.84. The van der Waals surface area contributed by atoms with Crippen molar-refractivity contribution in [1.82, 2.24) is 10.2 Å². The number of oxime groups is 1. The highest BCUT2D eigenvalue weighted by molar-refractivity contribution is 5.87. The third kappa shape index (κ3) is 6.04. The third-order valence-electron chi connectivity index (χ3n) is 5.51. The van der Waals surface area contributed by atoms with Crippen LogP contribution in [-0.4, -0.2) is 49.1 Å². The minimum atomic E-state index is -0.561. The highest BCUT2D eigenvalue weighted by Crippen LogP contribution is 2.20. The van der Waals surface area contributed by atoms with Crippen LogP contribution in [0.4, 0.5) is 4.79 Å². The Balaban J connectivity index is 1.43. The first-order valence-electron chi connectivity index (χ1n) is 11.1. The lowest BCUT2D eigenvalue weighted by Crippen LogP contribution is -2.42. The van der Waals surface area contributed by atoms with Gasteiger partial charge in [-0.1, -0.05) is 78.0 Å². The van der Waals surface area contributed by atoms with Crippen LogP contribution in [0.5, 0.6) is 0 Å². The molecule has 0 fully saturated rings. The van der Waals surface area contributed by atoms with Crippen molar-refractivity contribution >= 4 is 28.7 Å². The number of methoxy groups -OCH3 is 1. The lowest BCUT2D eigenvalue weighted by Gasteiger charge is -2.23. The summed E-state index contributed by atoms with van der Waals surface area (Å²) < 4.78 is 10.6. The molecule has 0 saturated heterocycles. The zero-order valence-electron chi connectivity index (χ0n) is 19.0. The molecule has 0 aliphatic carbocycles. The molecule has 176 valence electrons. The second kappa shape index (κ2) is 11.2. The Hall–Kier alpha value is -4.07. The van der Waals surface area contributed by atoms with E-state index in [1.165, 1.54) is 12.0 Å². The summed E-state index contributed by atoms with van der Waals surface area (Å²) in [4.78, 5) is 32.4. The van der Waals surface area contributed by atoms with Crippen LogP contribution in [-0.2, 0) is 32.3 Å². The highest BCUT2D eigenvalue weighted by Gasteiger charge is 2.24. The van der Waals surface area contributed by atoms with E-state index in [4.69, 9.17) is 14.3 Å². The molecule has 0 radical (unpaired) electrons. The van der Waals surface area contributed by atoms with E-state index in [0.717, 1.165) is 21.9 Å². The number of carbonyl (C=O) groups excluding carboxylic acids is 2. The topological polar surface area (TPSA) is 89.5 Å². The Labute approximate surface area is 198 Å². The molecule has 0 saturated carbocycles. The van der Waals surface area contributed by atoms with Crippen molar-refractivity contribution in [2.45, 2.75) is 25.7 Å². The number of hydrogen-bond acceptors (Lipinski definition) is 6. The maximum Gasteiger partial charge on any atom is 0.410 e. The molecule has 1 N–H and O–H groups in total. The second-order valence-electron chi connectivity index (χ2n) is 7.96. The standard InChI is InChI=1S/C26H27N3O5/c1-32-25-14-22(34-28-25)15-27-24(30)17-29(26(31)33-18-19-8-3-2-4-9-19)16-21-12-7-11-20-10-5-6-13-23(20)21/h2-13,22H,14-18H2,1H3,(H,27,30). The Morgan fingerprint density at radius 3 is 2.62 bits per heavy atom. The van der Waals surface area contributed by atoms with E-state index in [2.05, 4.69) is 10.5 Å². The average Bonchev–Trinajstić information content (AvgIpc) is 3.35. The minimum absolute atomic E-state index is 0.125. The van der Waals surface area contributed by atoms with Crippen molar-refractivity contribution < 1.29 is 23.9 Å². The maximum absolute atomic E-state index is 13.0. The maximum atomic E-state index is 13.0. The monoisotopic (exact) mass is 461 g/mol. The van der Waals surface area contributed by atoms with Gasteiger partial charge < -0.3 is 19.6 Å². The fourth-order valence-corrected chi connectivity index (χ4v) is 3.72. The smallest absolute Gasteiger partial charge is 0.410 e. The van der Waals surface area contributed by atoms with Crippen molar-refractivity contribution in [2.24, 2.45) is 5.16 Å². The van der Waals surface area contributed by atoms with Crippen molar-refractivity contribution in [3.8, 4) is 0 Å². The molecule has 1 heterocycles. The van der Waals surface area contributed by atoms with Crippen LogP contribution < -0.4 is 5.32 Å². The van der Waals surface area contributed by atoms with Gasteiger partial charge in [0.05, 0.1) is 26.6 Å². The number of amides is 2. The molecule has 0 aromatic heterocycles. The van der Waals surface area contributed by atoms with Gasteiger partial charge in [-0.3, -0.25) is 9.69 Å². The molecular weight excluding hydrogens is 434 g/mol. The molecule has 4 rings (SSSR count). The summed E-state index contributed by atoms with van der Waals surface area (Å²) in [6.45, 7) is 0.470. The zero-order valence-corrected chi connectivity index (χ0v) is 19.0. The third-order valence-corrected chi connectivity index (χ3v) is 5.51. The number of rotatable bonds is 8. The van der Waals surface area contributed by atoms with E-state index in [1.54, 1.807) is 0 Å². The van der Waals surface area contributed by atoms with Gasteiger partial charge in [-0.2, -0.15) is 0 Å². The fraction of sp³-hybridized carbons (Fsp3) is 0.269. The molecule has 3 aromatic rings. The van der Waals surface area contributed by atoms with Gasteiger partial charge in [0.1, 0.15) is 13.2 Å². The van der Waals surface area contributed by atoms with Gasteiger partial charge in [0.2, 0.25) is 11.8 Å². The molecule has 0 bridgehead atoms. The number of ether oxygens (including phenoxy) is 2. The molecule has 1 aliphatic rings. The van der Waals surface area contributed by atoms with E-state index < -0.39 is 6.09 Å². The molecule has 8 nitrogen and oxygen atoms in total. The average molecular weight is 462 g/mol. The SMILES string of the molecule is COC1=NOC(CNC(=O)CN(Cc2cccc3ccccc23)C(=O)OCc2ccccc2)C1. The summed E-state index contributed by atoms with van der Waals surface area (Å²) in [5, 5.41) is 8.70. The van der Waals surface area contributed by atoms with E-state index in [-0.39, 0.29) is 38.3 Å². The highest BCUT2D eigenvalue weighted by atomic mass is 16.7. The van der Waals surface area contributed by atoms with E-state index >= 15 is 0 Å². The van der Waals surface area contributed by atoms with Gasteiger partial charge >= 0.3 is 6.09 Å². The Bertz CT molecular complexity index is 1160. The number of benzene rings is 3. The van der Waals surface area contributed by atoms with Crippen LogP contribution >= 0.6 is 0 Å². The Morgan fingerprint density at radius 2 is 1.82 bits per heavy atom. The predicted molar refractivity (Wildman–Crippen MR) is 128 cm³/mol. The number of fused-ring (bicyclic) bond motifs is 1. The summed E-state index contributed by atoms with van der Waals surface area (Å²) in [6, 6.07) is 23.3. The number of nitrogens with one attached hydrogen (secondary N) is 1. The first-order chi connectivity index (χ1) is 16.6. The van der Waals surface area contributed by atoms with Gasteiger partial charge in [-0.15, -0.1) is 0 Å². The lowest BCUT2D eigenvalue weighted by molar-refractivity contribution is -0.122. The van der Waals surface area contributed by atoms with Crippen LogP contribution in [0.25, 0.3) is 10.8 Å². The van der Waals surface area contributed by atoms with Crippen molar-refractivity contribution in [3.63, 3.8) is 0 Å². The normalized spacial score (nSPS) is 14.7. The molecule has 0 spiro atoms. The van der Waals surface area contributed by atoms with Gasteiger partial charge in [0.25, 0.3) is 0 Å². The summed E-state index contributed by atoms with van der Waals surface area (Å²) in [6.07, 6.45) is -0.375. The van der Waals surface area contributed by atoms with Crippen molar-refractivity contribution in [1.29, 1.82) is 0 Å². The van der Waals surface area contributed by atoms with Crippen LogP contribution in [0.2, 0.25) is 0 Å². The summed E-state index contributed by atoms with van der Waals surface area (Å²) in [5.41, 5.74) is 1.80. The molecule has 1 aliphatic heterocycles. The van der Waals surface area contributed by atoms with Gasteiger partial charge in [-0.25, -0.2) is 4.79 Å². The van der Waals surface area contributed by atoms with Crippen LogP contribution in [0.15, 0.2) is 78.0 Å². The Morgan fingerprint density at radius 1 is 1.06 bits per heavy atom.